The van der Waals surface area contributed by atoms with E-state index >= 15 is 0 Å². The number of nitrogens with zero attached hydrogens (tertiary/aromatic N) is 3. The van der Waals surface area contributed by atoms with E-state index < -0.39 is 14.9 Å². The first-order valence-electron chi connectivity index (χ1n) is 10.3. The van der Waals surface area contributed by atoms with Crippen molar-refractivity contribution in [3.63, 3.8) is 0 Å². The van der Waals surface area contributed by atoms with Crippen molar-refractivity contribution in [2.75, 3.05) is 36.4 Å². The van der Waals surface area contributed by atoms with Crippen molar-refractivity contribution in [1.82, 2.24) is 4.31 Å². The van der Waals surface area contributed by atoms with E-state index in [0.29, 0.717) is 18.8 Å². The minimum atomic E-state index is -3.71. The molecule has 2 aliphatic heterocycles. The van der Waals surface area contributed by atoms with Crippen molar-refractivity contribution in [1.29, 1.82) is 0 Å². The first-order valence-corrected chi connectivity index (χ1v) is 11.7. The fourth-order valence-corrected chi connectivity index (χ4v) is 5.71. The fraction of sp³-hybridized carbons (Fsp3) is 0.429. The lowest BCUT2D eigenvalue weighted by Crippen LogP contribution is -2.35. The SMILES string of the molecule is O=[N+]([O-])c1cc(S(=O)(=O)N2CCCCC2)ccc1NC1CCN(c2ccccc2)C1. The van der Waals surface area contributed by atoms with Crippen LogP contribution in [-0.2, 0) is 10.0 Å². The van der Waals surface area contributed by atoms with E-state index in [1.807, 2.05) is 30.3 Å². The lowest BCUT2D eigenvalue weighted by Gasteiger charge is -2.26. The van der Waals surface area contributed by atoms with E-state index in [0.717, 1.165) is 44.5 Å². The molecule has 4 rings (SSSR count). The van der Waals surface area contributed by atoms with Gasteiger partial charge in [-0.05, 0) is 43.5 Å². The quantitative estimate of drug-likeness (QED) is 0.557. The number of nitro benzene ring substituents is 1. The number of anilines is 2. The molecule has 2 fully saturated rings. The normalized spacial score (nSPS) is 20.3. The number of piperidine rings is 1. The largest absolute Gasteiger partial charge is 0.375 e. The summed E-state index contributed by atoms with van der Waals surface area (Å²) in [5.41, 5.74) is 1.28. The molecule has 0 amide bonds. The maximum Gasteiger partial charge on any atom is 0.293 e. The van der Waals surface area contributed by atoms with Crippen LogP contribution in [0.4, 0.5) is 17.1 Å². The molecule has 2 aliphatic rings. The van der Waals surface area contributed by atoms with Gasteiger partial charge in [-0.3, -0.25) is 10.1 Å². The molecule has 9 heteroatoms. The summed E-state index contributed by atoms with van der Waals surface area (Å²) >= 11 is 0. The topological polar surface area (TPSA) is 95.8 Å². The van der Waals surface area contributed by atoms with Crippen molar-refractivity contribution < 1.29 is 13.3 Å². The third kappa shape index (κ3) is 4.27. The molecular weight excluding hydrogens is 404 g/mol. The Balaban J connectivity index is 1.52. The number of hydrogen-bond donors (Lipinski definition) is 1. The van der Waals surface area contributed by atoms with E-state index in [2.05, 4.69) is 10.2 Å². The van der Waals surface area contributed by atoms with Crippen molar-refractivity contribution >= 4 is 27.1 Å². The van der Waals surface area contributed by atoms with Gasteiger partial charge in [0.15, 0.2) is 0 Å². The van der Waals surface area contributed by atoms with Crippen molar-refractivity contribution in [2.45, 2.75) is 36.6 Å². The highest BCUT2D eigenvalue weighted by molar-refractivity contribution is 7.89. The average Bonchev–Trinajstić information content (AvgIpc) is 3.23. The Bertz CT molecular complexity index is 1010. The zero-order valence-electron chi connectivity index (χ0n) is 16.7. The second-order valence-corrected chi connectivity index (χ2v) is 9.75. The van der Waals surface area contributed by atoms with Gasteiger partial charge in [-0.25, -0.2) is 8.42 Å². The standard InChI is InChI=1S/C21H26N4O4S/c26-25(27)21-15-19(30(28,29)24-12-5-2-6-13-24)9-10-20(21)22-17-11-14-23(16-17)18-7-3-1-4-8-18/h1,3-4,7-10,15,17,22H,2,5-6,11-14,16H2. The summed E-state index contributed by atoms with van der Waals surface area (Å²) in [6.45, 7) is 2.52. The van der Waals surface area contributed by atoms with E-state index in [1.54, 1.807) is 0 Å². The first kappa shape index (κ1) is 20.6. The Kier molecular flexibility index (Phi) is 5.92. The molecule has 8 nitrogen and oxygen atoms in total. The van der Waals surface area contributed by atoms with Gasteiger partial charge in [0.2, 0.25) is 10.0 Å². The van der Waals surface area contributed by atoms with E-state index in [1.165, 1.54) is 22.5 Å². The number of nitro groups is 1. The highest BCUT2D eigenvalue weighted by Crippen LogP contribution is 2.32. The maximum absolute atomic E-state index is 12.9. The first-order chi connectivity index (χ1) is 14.4. The zero-order chi connectivity index (χ0) is 21.1. The summed E-state index contributed by atoms with van der Waals surface area (Å²) in [5, 5.41) is 14.9. The molecule has 30 heavy (non-hydrogen) atoms. The molecule has 0 spiro atoms. The van der Waals surface area contributed by atoms with Crippen LogP contribution in [0.3, 0.4) is 0 Å². The number of benzene rings is 2. The predicted molar refractivity (Wildman–Crippen MR) is 116 cm³/mol. The third-order valence-electron chi connectivity index (χ3n) is 5.79. The number of hydrogen-bond acceptors (Lipinski definition) is 6. The molecule has 160 valence electrons. The minimum Gasteiger partial charge on any atom is -0.375 e. The van der Waals surface area contributed by atoms with Crippen molar-refractivity contribution in [3.8, 4) is 0 Å². The highest BCUT2D eigenvalue weighted by atomic mass is 32.2. The van der Waals surface area contributed by atoms with Gasteiger partial charge in [0.1, 0.15) is 5.69 Å². The monoisotopic (exact) mass is 430 g/mol. The van der Waals surface area contributed by atoms with Crippen molar-refractivity contribution in [3.05, 3.63) is 58.6 Å². The number of para-hydroxylation sites is 1. The molecule has 2 aromatic carbocycles. The minimum absolute atomic E-state index is 0.0148. The second-order valence-electron chi connectivity index (χ2n) is 7.81. The summed E-state index contributed by atoms with van der Waals surface area (Å²) < 4.78 is 27.2. The molecule has 0 saturated carbocycles. The molecule has 1 N–H and O–H groups in total. The Morgan fingerprint density at radius 1 is 1.00 bits per heavy atom. The lowest BCUT2D eigenvalue weighted by molar-refractivity contribution is -0.384. The molecular formula is C21H26N4O4S. The van der Waals surface area contributed by atoms with Crippen LogP contribution >= 0.6 is 0 Å². The van der Waals surface area contributed by atoms with E-state index in [9.17, 15) is 18.5 Å². The summed E-state index contributed by atoms with van der Waals surface area (Å²) in [7, 11) is -3.71. The molecule has 1 unspecified atom stereocenters. The average molecular weight is 431 g/mol. The van der Waals surface area contributed by atoms with Gasteiger partial charge in [0.05, 0.1) is 9.82 Å². The van der Waals surface area contributed by atoms with Crippen LogP contribution in [0.1, 0.15) is 25.7 Å². The number of nitrogens with one attached hydrogen (secondary N) is 1. The van der Waals surface area contributed by atoms with Crippen LogP contribution in [-0.4, -0.2) is 49.9 Å². The van der Waals surface area contributed by atoms with Gasteiger partial charge in [0.25, 0.3) is 5.69 Å². The molecule has 0 aromatic heterocycles. The van der Waals surface area contributed by atoms with Gasteiger partial charge < -0.3 is 10.2 Å². The van der Waals surface area contributed by atoms with E-state index in [-0.39, 0.29) is 16.6 Å². The molecule has 2 saturated heterocycles. The molecule has 0 radical (unpaired) electrons. The molecule has 1 atom stereocenters. The lowest BCUT2D eigenvalue weighted by atomic mass is 10.2. The predicted octanol–water partition coefficient (Wildman–Crippen LogP) is 3.46. The highest BCUT2D eigenvalue weighted by Gasteiger charge is 2.30. The summed E-state index contributed by atoms with van der Waals surface area (Å²) in [5.74, 6) is 0. The Labute approximate surface area is 176 Å². The molecule has 2 heterocycles. The van der Waals surface area contributed by atoms with Gasteiger partial charge in [0, 0.05) is 44.0 Å². The second kappa shape index (κ2) is 8.61. The maximum atomic E-state index is 12.9. The zero-order valence-corrected chi connectivity index (χ0v) is 17.6. The molecule has 2 aromatic rings. The number of rotatable bonds is 6. The van der Waals surface area contributed by atoms with Crippen molar-refractivity contribution in [2.24, 2.45) is 0 Å². The van der Waals surface area contributed by atoms with Crippen LogP contribution < -0.4 is 10.2 Å². The fourth-order valence-electron chi connectivity index (χ4n) is 4.17. The van der Waals surface area contributed by atoms with Gasteiger partial charge in [-0.1, -0.05) is 24.6 Å². The summed E-state index contributed by atoms with van der Waals surface area (Å²) in [4.78, 5) is 13.4. The van der Waals surface area contributed by atoms with Crippen LogP contribution in [0.25, 0.3) is 0 Å². The van der Waals surface area contributed by atoms with Gasteiger partial charge >= 0.3 is 0 Å². The van der Waals surface area contributed by atoms with E-state index in [4.69, 9.17) is 0 Å². The summed E-state index contributed by atoms with van der Waals surface area (Å²) in [6, 6.07) is 14.3. The third-order valence-corrected chi connectivity index (χ3v) is 7.68. The van der Waals surface area contributed by atoms with Crippen LogP contribution in [0.2, 0.25) is 0 Å². The molecule has 0 aliphatic carbocycles. The van der Waals surface area contributed by atoms with Crippen LogP contribution in [0, 0.1) is 10.1 Å². The molecule has 0 bridgehead atoms. The summed E-state index contributed by atoms with van der Waals surface area (Å²) in [6.07, 6.45) is 3.50. The Morgan fingerprint density at radius 3 is 2.43 bits per heavy atom. The number of sulfonamides is 1. The van der Waals surface area contributed by atoms with Gasteiger partial charge in [-0.15, -0.1) is 0 Å². The van der Waals surface area contributed by atoms with Crippen LogP contribution in [0.15, 0.2) is 53.4 Å². The Morgan fingerprint density at radius 2 is 1.73 bits per heavy atom. The Hall–Kier alpha value is -2.65. The van der Waals surface area contributed by atoms with Crippen LogP contribution in [0.5, 0.6) is 0 Å². The smallest absolute Gasteiger partial charge is 0.293 e. The van der Waals surface area contributed by atoms with Gasteiger partial charge in [-0.2, -0.15) is 4.31 Å².